The van der Waals surface area contributed by atoms with Crippen LogP contribution < -0.4 is 20.0 Å². The molecule has 2 aliphatic rings. The van der Waals surface area contributed by atoms with Gasteiger partial charge in [-0.05, 0) is 49.2 Å². The standard InChI is InChI=1S/C24H25F2N7O/c1-31-10-2-11-33(24(34)30-21-6-3-17(25)14-28-21)23-20(31)5-4-19(29-23)16-7-9-27-22(13-16)32-12-8-18(26)15-32/h3-7,9,13-14,18H,2,8,10-12,15H2,1H3,(H,28,30,34)/t18-/m1/s1. The Hall–Kier alpha value is -3.82. The molecule has 1 fully saturated rings. The molecule has 5 heterocycles. The van der Waals surface area contributed by atoms with Crippen LogP contribution in [0.1, 0.15) is 12.8 Å². The second kappa shape index (κ2) is 9.20. The lowest BCUT2D eigenvalue weighted by Gasteiger charge is -2.24. The zero-order chi connectivity index (χ0) is 23.7. The molecule has 0 unspecified atom stereocenters. The number of pyridine rings is 3. The summed E-state index contributed by atoms with van der Waals surface area (Å²) in [5.74, 6) is 1.03. The van der Waals surface area contributed by atoms with Crippen molar-refractivity contribution in [2.75, 3.05) is 53.2 Å². The number of rotatable bonds is 3. The molecule has 1 N–H and O–H groups in total. The van der Waals surface area contributed by atoms with E-state index >= 15 is 0 Å². The first-order valence-corrected chi connectivity index (χ1v) is 11.3. The fraction of sp³-hybridized carbons (Fsp3) is 0.333. The normalized spacial score (nSPS) is 18.0. The molecule has 1 atom stereocenters. The second-order valence-corrected chi connectivity index (χ2v) is 8.49. The van der Waals surface area contributed by atoms with Crippen molar-refractivity contribution in [2.45, 2.75) is 19.0 Å². The summed E-state index contributed by atoms with van der Waals surface area (Å²) >= 11 is 0. The second-order valence-electron chi connectivity index (χ2n) is 8.49. The number of carbonyl (C=O) groups excluding carboxylic acids is 1. The Bertz CT molecular complexity index is 1190. The number of fused-ring (bicyclic) bond motifs is 1. The molecule has 2 aliphatic heterocycles. The van der Waals surface area contributed by atoms with Crippen molar-refractivity contribution in [3.05, 3.63) is 54.6 Å². The molecule has 0 spiro atoms. The molecule has 0 aromatic carbocycles. The predicted octanol–water partition coefficient (Wildman–Crippen LogP) is 4.10. The van der Waals surface area contributed by atoms with Gasteiger partial charge in [0.05, 0.1) is 24.1 Å². The number of hydrogen-bond acceptors (Lipinski definition) is 6. The molecular formula is C24H25F2N7O. The van der Waals surface area contributed by atoms with Gasteiger partial charge >= 0.3 is 6.03 Å². The van der Waals surface area contributed by atoms with Crippen LogP contribution in [0.5, 0.6) is 0 Å². The van der Waals surface area contributed by atoms with Crippen LogP contribution in [0.3, 0.4) is 0 Å². The third kappa shape index (κ3) is 4.48. The zero-order valence-electron chi connectivity index (χ0n) is 18.8. The number of carbonyl (C=O) groups is 1. The number of amides is 2. The fourth-order valence-electron chi connectivity index (χ4n) is 4.29. The summed E-state index contributed by atoms with van der Waals surface area (Å²) in [5.41, 5.74) is 2.35. The summed E-state index contributed by atoms with van der Waals surface area (Å²) < 4.78 is 26.9. The van der Waals surface area contributed by atoms with E-state index in [0.29, 0.717) is 43.4 Å². The Morgan fingerprint density at radius 2 is 2.00 bits per heavy atom. The molecule has 0 bridgehead atoms. The van der Waals surface area contributed by atoms with Crippen LogP contribution in [0.4, 0.5) is 36.7 Å². The summed E-state index contributed by atoms with van der Waals surface area (Å²) in [6.07, 6.45) is 3.17. The van der Waals surface area contributed by atoms with Crippen molar-refractivity contribution in [3.63, 3.8) is 0 Å². The van der Waals surface area contributed by atoms with Crippen LogP contribution >= 0.6 is 0 Å². The highest BCUT2D eigenvalue weighted by atomic mass is 19.1. The molecule has 3 aromatic heterocycles. The molecule has 34 heavy (non-hydrogen) atoms. The Kier molecular flexibility index (Phi) is 5.95. The van der Waals surface area contributed by atoms with Crippen molar-refractivity contribution in [1.82, 2.24) is 15.0 Å². The molecular weight excluding hydrogens is 440 g/mol. The van der Waals surface area contributed by atoms with Crippen molar-refractivity contribution < 1.29 is 13.6 Å². The highest BCUT2D eigenvalue weighted by Crippen LogP contribution is 2.34. The van der Waals surface area contributed by atoms with Crippen LogP contribution in [0, 0.1) is 5.82 Å². The van der Waals surface area contributed by atoms with Gasteiger partial charge in [0.15, 0.2) is 5.82 Å². The molecule has 2 amide bonds. The summed E-state index contributed by atoms with van der Waals surface area (Å²) in [6.45, 7) is 2.20. The van der Waals surface area contributed by atoms with Crippen LogP contribution in [-0.4, -0.2) is 60.4 Å². The Labute approximate surface area is 196 Å². The molecule has 0 aliphatic carbocycles. The third-order valence-corrected chi connectivity index (χ3v) is 6.10. The van der Waals surface area contributed by atoms with Crippen molar-refractivity contribution in [2.24, 2.45) is 0 Å². The highest BCUT2D eigenvalue weighted by molar-refractivity contribution is 6.03. The van der Waals surface area contributed by atoms with E-state index in [1.165, 1.54) is 12.1 Å². The van der Waals surface area contributed by atoms with Crippen LogP contribution in [0.15, 0.2) is 48.8 Å². The summed E-state index contributed by atoms with van der Waals surface area (Å²) in [7, 11) is 1.97. The van der Waals surface area contributed by atoms with Crippen molar-refractivity contribution in [3.8, 4) is 11.3 Å². The van der Waals surface area contributed by atoms with Gasteiger partial charge in [0, 0.05) is 38.4 Å². The average Bonchev–Trinajstić information content (AvgIpc) is 3.21. The van der Waals surface area contributed by atoms with Crippen LogP contribution in [-0.2, 0) is 0 Å². The van der Waals surface area contributed by atoms with Crippen molar-refractivity contribution >= 4 is 29.2 Å². The number of halogens is 2. The number of nitrogens with zero attached hydrogens (tertiary/aromatic N) is 6. The quantitative estimate of drug-likeness (QED) is 0.628. The van der Waals surface area contributed by atoms with Gasteiger partial charge in [-0.25, -0.2) is 28.5 Å². The minimum Gasteiger partial charge on any atom is -0.372 e. The number of anilines is 4. The first-order chi connectivity index (χ1) is 16.5. The van der Waals surface area contributed by atoms with E-state index in [4.69, 9.17) is 4.98 Å². The smallest absolute Gasteiger partial charge is 0.328 e. The molecule has 176 valence electrons. The molecule has 8 nitrogen and oxygen atoms in total. The van der Waals surface area contributed by atoms with E-state index < -0.39 is 12.0 Å². The molecule has 0 saturated carbocycles. The number of nitrogens with one attached hydrogen (secondary N) is 1. The largest absolute Gasteiger partial charge is 0.372 e. The van der Waals surface area contributed by atoms with Gasteiger partial charge in [-0.15, -0.1) is 0 Å². The van der Waals surface area contributed by atoms with Gasteiger partial charge in [-0.3, -0.25) is 10.2 Å². The number of alkyl halides is 1. The zero-order valence-corrected chi connectivity index (χ0v) is 18.8. The number of urea groups is 1. The number of hydrogen-bond donors (Lipinski definition) is 1. The molecule has 0 radical (unpaired) electrons. The van der Waals surface area contributed by atoms with Gasteiger partial charge in [-0.1, -0.05) is 0 Å². The number of aromatic nitrogens is 3. The summed E-state index contributed by atoms with van der Waals surface area (Å²) in [4.78, 5) is 31.9. The van der Waals surface area contributed by atoms with Crippen molar-refractivity contribution in [1.29, 1.82) is 0 Å². The third-order valence-electron chi connectivity index (χ3n) is 6.10. The summed E-state index contributed by atoms with van der Waals surface area (Å²) in [5, 5.41) is 2.73. The monoisotopic (exact) mass is 465 g/mol. The lowest BCUT2D eigenvalue weighted by atomic mass is 10.1. The minimum atomic E-state index is -0.839. The van der Waals surface area contributed by atoms with Gasteiger partial charge in [0.25, 0.3) is 0 Å². The topological polar surface area (TPSA) is 77.5 Å². The van der Waals surface area contributed by atoms with E-state index in [2.05, 4.69) is 20.2 Å². The maximum atomic E-state index is 13.7. The van der Waals surface area contributed by atoms with E-state index in [1.54, 1.807) is 11.1 Å². The van der Waals surface area contributed by atoms with Gasteiger partial charge in [-0.2, -0.15) is 0 Å². The molecule has 3 aromatic rings. The van der Waals surface area contributed by atoms with E-state index in [1.807, 2.05) is 36.2 Å². The Morgan fingerprint density at radius 3 is 2.76 bits per heavy atom. The SMILES string of the molecule is CN1CCCN(C(=O)Nc2ccc(F)cn2)c2nc(-c3ccnc(N4CC[C@@H](F)C4)c3)ccc21. The lowest BCUT2D eigenvalue weighted by Crippen LogP contribution is -2.36. The molecule has 5 rings (SSSR count). The fourth-order valence-corrected chi connectivity index (χ4v) is 4.29. The minimum absolute atomic E-state index is 0.261. The van der Waals surface area contributed by atoms with E-state index in [-0.39, 0.29) is 11.8 Å². The highest BCUT2D eigenvalue weighted by Gasteiger charge is 2.27. The molecule has 1 saturated heterocycles. The van der Waals surface area contributed by atoms with E-state index in [9.17, 15) is 13.6 Å². The molecule has 10 heteroatoms. The van der Waals surface area contributed by atoms with Gasteiger partial charge in [0.1, 0.15) is 23.6 Å². The van der Waals surface area contributed by atoms with Gasteiger partial charge < -0.3 is 9.80 Å². The van der Waals surface area contributed by atoms with Gasteiger partial charge in [0.2, 0.25) is 0 Å². The Balaban J connectivity index is 1.47. The maximum absolute atomic E-state index is 13.7. The average molecular weight is 466 g/mol. The van der Waals surface area contributed by atoms with Crippen LogP contribution in [0.2, 0.25) is 0 Å². The van der Waals surface area contributed by atoms with E-state index in [0.717, 1.165) is 30.4 Å². The van der Waals surface area contributed by atoms with Crippen LogP contribution in [0.25, 0.3) is 11.3 Å². The lowest BCUT2D eigenvalue weighted by molar-refractivity contribution is 0.256. The first-order valence-electron chi connectivity index (χ1n) is 11.3. The summed E-state index contributed by atoms with van der Waals surface area (Å²) in [6, 6.07) is 9.90. The Morgan fingerprint density at radius 1 is 1.12 bits per heavy atom. The maximum Gasteiger partial charge on any atom is 0.328 e. The predicted molar refractivity (Wildman–Crippen MR) is 128 cm³/mol. The first kappa shape index (κ1) is 22.0.